The second-order valence-corrected chi connectivity index (χ2v) is 6.60. The first-order valence-electron chi connectivity index (χ1n) is 6.30. The average molecular weight is 313 g/mol. The van der Waals surface area contributed by atoms with E-state index in [0.29, 0.717) is 16.2 Å². The Bertz CT molecular complexity index is 553. The van der Waals surface area contributed by atoms with Crippen molar-refractivity contribution in [2.24, 2.45) is 0 Å². The van der Waals surface area contributed by atoms with E-state index in [-0.39, 0.29) is 0 Å². The van der Waals surface area contributed by atoms with E-state index < -0.39 is 0 Å². The maximum absolute atomic E-state index is 6.20. The molecule has 2 heterocycles. The van der Waals surface area contributed by atoms with Crippen molar-refractivity contribution >= 4 is 34.5 Å². The van der Waals surface area contributed by atoms with Gasteiger partial charge in [-0.25, -0.2) is 4.98 Å². The van der Waals surface area contributed by atoms with Crippen LogP contribution < -0.4 is 0 Å². The van der Waals surface area contributed by atoms with Crippen LogP contribution in [0.2, 0.25) is 10.2 Å². The van der Waals surface area contributed by atoms with Crippen molar-refractivity contribution in [3.63, 3.8) is 0 Å². The molecule has 0 atom stereocenters. The zero-order chi connectivity index (χ0) is 13.2. The third kappa shape index (κ3) is 3.48. The van der Waals surface area contributed by atoms with Crippen molar-refractivity contribution in [1.82, 2.24) is 9.88 Å². The van der Waals surface area contributed by atoms with Crippen LogP contribution in [0, 0.1) is 0 Å². The topological polar surface area (TPSA) is 16.1 Å². The van der Waals surface area contributed by atoms with E-state index >= 15 is 0 Å². The van der Waals surface area contributed by atoms with E-state index in [1.165, 1.54) is 17.7 Å². The Morgan fingerprint density at radius 3 is 2.74 bits per heavy atom. The van der Waals surface area contributed by atoms with Crippen LogP contribution in [0.15, 0.2) is 29.6 Å². The van der Waals surface area contributed by atoms with Gasteiger partial charge in [-0.1, -0.05) is 29.3 Å². The summed E-state index contributed by atoms with van der Waals surface area (Å²) in [5.41, 5.74) is 0.873. The largest absolute Gasteiger partial charge is 0.289 e. The lowest BCUT2D eigenvalue weighted by Gasteiger charge is -2.21. The quantitative estimate of drug-likeness (QED) is 0.749. The zero-order valence-corrected chi connectivity index (χ0v) is 12.7. The molecule has 5 heteroatoms. The monoisotopic (exact) mass is 312 g/mol. The molecular weight excluding hydrogens is 299 g/mol. The predicted octanol–water partition coefficient (Wildman–Crippen LogP) is 4.61. The van der Waals surface area contributed by atoms with E-state index in [1.807, 2.05) is 6.07 Å². The number of hydrogen-bond acceptors (Lipinski definition) is 3. The predicted molar refractivity (Wildman–Crippen MR) is 80.8 cm³/mol. The summed E-state index contributed by atoms with van der Waals surface area (Å²) in [4.78, 5) is 8.17. The lowest BCUT2D eigenvalue weighted by atomic mass is 10.3. The van der Waals surface area contributed by atoms with Gasteiger partial charge in [-0.3, -0.25) is 4.90 Å². The number of halogens is 2. The van der Waals surface area contributed by atoms with Crippen LogP contribution in [0.1, 0.15) is 23.4 Å². The lowest BCUT2D eigenvalue weighted by Crippen LogP contribution is -2.25. The van der Waals surface area contributed by atoms with Crippen LogP contribution in [0.25, 0.3) is 0 Å². The van der Waals surface area contributed by atoms with E-state index in [4.69, 9.17) is 23.2 Å². The molecule has 2 nitrogen and oxygen atoms in total. The van der Waals surface area contributed by atoms with Crippen molar-refractivity contribution < 1.29 is 0 Å². The minimum absolute atomic E-state index is 0.506. The fourth-order valence-electron chi connectivity index (χ4n) is 2.12. The van der Waals surface area contributed by atoms with Crippen LogP contribution in [-0.2, 0) is 13.1 Å². The van der Waals surface area contributed by atoms with Crippen LogP contribution >= 0.6 is 34.5 Å². The van der Waals surface area contributed by atoms with Gasteiger partial charge in [-0.2, -0.15) is 0 Å². The molecule has 0 amide bonds. The second-order valence-electron chi connectivity index (χ2n) is 4.78. The summed E-state index contributed by atoms with van der Waals surface area (Å²) >= 11 is 13.9. The maximum Gasteiger partial charge on any atom is 0.129 e. The maximum atomic E-state index is 6.20. The third-order valence-electron chi connectivity index (χ3n) is 3.24. The molecule has 0 aromatic carbocycles. The van der Waals surface area contributed by atoms with Gasteiger partial charge >= 0.3 is 0 Å². The Balaban J connectivity index is 1.76. The minimum Gasteiger partial charge on any atom is -0.289 e. The number of rotatable bonds is 5. The highest BCUT2D eigenvalue weighted by Crippen LogP contribution is 2.31. The average Bonchev–Trinajstić information content (AvgIpc) is 3.12. The van der Waals surface area contributed by atoms with E-state index in [1.54, 1.807) is 17.4 Å². The second kappa shape index (κ2) is 5.80. The zero-order valence-electron chi connectivity index (χ0n) is 10.4. The first-order chi connectivity index (χ1) is 9.22. The first-order valence-corrected chi connectivity index (χ1v) is 7.93. The van der Waals surface area contributed by atoms with E-state index in [0.717, 1.165) is 18.8 Å². The van der Waals surface area contributed by atoms with Gasteiger partial charge in [0.05, 0.1) is 10.7 Å². The molecule has 0 aliphatic heterocycles. The molecule has 100 valence electrons. The van der Waals surface area contributed by atoms with Gasteiger partial charge < -0.3 is 0 Å². The van der Waals surface area contributed by atoms with Crippen LogP contribution in [0.3, 0.4) is 0 Å². The fourth-order valence-corrected chi connectivity index (χ4v) is 3.18. The summed E-state index contributed by atoms with van der Waals surface area (Å²) in [5.74, 6) is 0. The summed E-state index contributed by atoms with van der Waals surface area (Å²) < 4.78 is 0. The summed E-state index contributed by atoms with van der Waals surface area (Å²) in [7, 11) is 0. The Hall–Kier alpha value is -0.610. The van der Waals surface area contributed by atoms with Gasteiger partial charge in [-0.15, -0.1) is 11.3 Å². The van der Waals surface area contributed by atoms with Gasteiger partial charge in [0.25, 0.3) is 0 Å². The van der Waals surface area contributed by atoms with Crippen molar-refractivity contribution in [3.05, 3.63) is 50.4 Å². The number of hydrogen-bond donors (Lipinski definition) is 0. The summed E-state index contributed by atoms with van der Waals surface area (Å²) in [5, 5.41) is 3.32. The molecule has 1 aliphatic carbocycles. The van der Waals surface area contributed by atoms with Crippen molar-refractivity contribution in [2.75, 3.05) is 0 Å². The number of thiophene rings is 1. The van der Waals surface area contributed by atoms with Crippen molar-refractivity contribution in [2.45, 2.75) is 32.0 Å². The highest BCUT2D eigenvalue weighted by atomic mass is 35.5. The summed E-state index contributed by atoms with van der Waals surface area (Å²) in [6, 6.07) is 8.48. The molecule has 0 saturated heterocycles. The molecule has 1 fully saturated rings. The first kappa shape index (κ1) is 13.4. The van der Waals surface area contributed by atoms with Crippen LogP contribution in [-0.4, -0.2) is 15.9 Å². The Kier molecular flexibility index (Phi) is 4.08. The molecule has 0 N–H and O–H groups in total. The molecule has 19 heavy (non-hydrogen) atoms. The van der Waals surface area contributed by atoms with Gasteiger partial charge in [0.15, 0.2) is 0 Å². The Labute approximate surface area is 127 Å². The molecule has 1 aliphatic rings. The van der Waals surface area contributed by atoms with Gasteiger partial charge in [0, 0.05) is 24.0 Å². The SMILES string of the molecule is Clc1ccc(Cl)c(CN(Cc2cccs2)C2CC2)n1. The third-order valence-corrected chi connectivity index (χ3v) is 4.66. The molecule has 2 aromatic rings. The summed E-state index contributed by atoms with van der Waals surface area (Å²) in [6.07, 6.45) is 2.53. The number of pyridine rings is 1. The lowest BCUT2D eigenvalue weighted by molar-refractivity contribution is 0.245. The molecule has 3 rings (SSSR count). The standard InChI is InChI=1S/C14H14Cl2N2S/c15-12-5-6-14(16)17-13(12)9-18(10-3-4-10)8-11-2-1-7-19-11/h1-2,5-7,10H,3-4,8-9H2. The van der Waals surface area contributed by atoms with Crippen LogP contribution in [0.4, 0.5) is 0 Å². The molecular formula is C14H14Cl2N2S. The molecule has 0 spiro atoms. The number of aromatic nitrogens is 1. The fraction of sp³-hybridized carbons (Fsp3) is 0.357. The van der Waals surface area contributed by atoms with Gasteiger partial charge in [0.2, 0.25) is 0 Å². The number of nitrogens with zero attached hydrogens (tertiary/aromatic N) is 2. The minimum atomic E-state index is 0.506. The highest BCUT2D eigenvalue weighted by molar-refractivity contribution is 7.09. The smallest absolute Gasteiger partial charge is 0.129 e. The van der Waals surface area contributed by atoms with E-state index in [9.17, 15) is 0 Å². The highest BCUT2D eigenvalue weighted by Gasteiger charge is 2.29. The Morgan fingerprint density at radius 2 is 2.05 bits per heavy atom. The molecule has 0 radical (unpaired) electrons. The van der Waals surface area contributed by atoms with Crippen molar-refractivity contribution in [1.29, 1.82) is 0 Å². The molecule has 0 bridgehead atoms. The molecule has 0 unspecified atom stereocenters. The van der Waals surface area contributed by atoms with Gasteiger partial charge in [-0.05, 0) is 36.4 Å². The van der Waals surface area contributed by atoms with Crippen LogP contribution in [0.5, 0.6) is 0 Å². The van der Waals surface area contributed by atoms with E-state index in [2.05, 4.69) is 27.4 Å². The molecule has 2 aromatic heterocycles. The Morgan fingerprint density at radius 1 is 1.21 bits per heavy atom. The normalized spacial score (nSPS) is 15.1. The van der Waals surface area contributed by atoms with Crippen molar-refractivity contribution in [3.8, 4) is 0 Å². The summed E-state index contributed by atoms with van der Waals surface area (Å²) in [6.45, 7) is 1.73. The molecule has 1 saturated carbocycles. The van der Waals surface area contributed by atoms with Gasteiger partial charge in [0.1, 0.15) is 5.15 Å².